The third kappa shape index (κ3) is 4.06. The lowest BCUT2D eigenvalue weighted by molar-refractivity contribution is 0.0153. The minimum atomic E-state index is -0.274. The lowest BCUT2D eigenvalue weighted by Gasteiger charge is -2.34. The fourth-order valence-electron chi connectivity index (χ4n) is 2.68. The summed E-state index contributed by atoms with van der Waals surface area (Å²) in [5.41, 5.74) is 1.19. The average molecular weight is 328 g/mol. The minimum Gasteiger partial charge on any atom is -0.506 e. The molecule has 0 aliphatic carbocycles. The molecule has 7 heteroatoms. The van der Waals surface area contributed by atoms with E-state index in [-0.39, 0.29) is 23.4 Å². The molecule has 0 aromatic carbocycles. The van der Waals surface area contributed by atoms with E-state index in [0.717, 1.165) is 18.8 Å². The first-order chi connectivity index (χ1) is 11.7. The maximum atomic E-state index is 12.3. The molecule has 1 atom stereocenters. The van der Waals surface area contributed by atoms with Crippen LogP contribution in [0.4, 0.5) is 0 Å². The van der Waals surface area contributed by atoms with Gasteiger partial charge >= 0.3 is 0 Å². The van der Waals surface area contributed by atoms with E-state index in [1.165, 1.54) is 18.3 Å². The van der Waals surface area contributed by atoms with Crippen molar-refractivity contribution in [2.24, 2.45) is 0 Å². The molecule has 0 bridgehead atoms. The van der Waals surface area contributed by atoms with Gasteiger partial charge in [0.1, 0.15) is 11.4 Å². The molecule has 2 aromatic rings. The average Bonchev–Trinajstić information content (AvgIpc) is 2.64. The zero-order valence-corrected chi connectivity index (χ0v) is 13.3. The van der Waals surface area contributed by atoms with Gasteiger partial charge in [-0.2, -0.15) is 0 Å². The lowest BCUT2D eigenvalue weighted by Crippen LogP contribution is -2.44. The molecule has 1 aliphatic rings. The van der Waals surface area contributed by atoms with Crippen LogP contribution in [0.2, 0.25) is 0 Å². The van der Waals surface area contributed by atoms with Crippen LogP contribution in [0.15, 0.2) is 42.7 Å². The normalized spacial score (nSPS) is 16.5. The standard InChI is InChI=1S/C17H20N4O3/c22-13-4-5-15(19-11-13)17(23)20-12-16(14-3-1-2-6-18-14)21-7-9-24-10-8-21/h1-6,11,16,22H,7-10,12H2,(H,20,23)/t16-/m0/s1. The fourth-order valence-corrected chi connectivity index (χ4v) is 2.68. The highest BCUT2D eigenvalue weighted by Crippen LogP contribution is 2.19. The topological polar surface area (TPSA) is 87.6 Å². The summed E-state index contributed by atoms with van der Waals surface area (Å²) in [5.74, 6) is -0.240. The molecular formula is C17H20N4O3. The van der Waals surface area contributed by atoms with Crippen LogP contribution < -0.4 is 5.32 Å². The van der Waals surface area contributed by atoms with Gasteiger partial charge in [0, 0.05) is 25.8 Å². The molecule has 0 unspecified atom stereocenters. The van der Waals surface area contributed by atoms with Crippen LogP contribution >= 0.6 is 0 Å². The Hall–Kier alpha value is -2.51. The number of aromatic nitrogens is 2. The Balaban J connectivity index is 1.69. The summed E-state index contributed by atoms with van der Waals surface area (Å²) in [5, 5.41) is 12.2. The van der Waals surface area contributed by atoms with Crippen LogP contribution in [-0.4, -0.2) is 58.7 Å². The zero-order chi connectivity index (χ0) is 16.8. The van der Waals surface area contributed by atoms with Crippen LogP contribution in [0, 0.1) is 0 Å². The summed E-state index contributed by atoms with van der Waals surface area (Å²) in [6.07, 6.45) is 3.01. The number of nitrogens with zero attached hydrogens (tertiary/aromatic N) is 3. The van der Waals surface area contributed by atoms with Crippen molar-refractivity contribution >= 4 is 5.91 Å². The van der Waals surface area contributed by atoms with Gasteiger partial charge in [0.2, 0.25) is 0 Å². The predicted molar refractivity (Wildman–Crippen MR) is 87.6 cm³/mol. The number of nitrogens with one attached hydrogen (secondary N) is 1. The fraction of sp³-hybridized carbons (Fsp3) is 0.353. The van der Waals surface area contributed by atoms with Gasteiger partial charge in [0.25, 0.3) is 5.91 Å². The Bertz CT molecular complexity index is 657. The third-order valence-corrected chi connectivity index (χ3v) is 3.95. The van der Waals surface area contributed by atoms with Gasteiger partial charge in [0.15, 0.2) is 0 Å². The Kier molecular flexibility index (Phi) is 5.35. The highest BCUT2D eigenvalue weighted by molar-refractivity contribution is 5.92. The van der Waals surface area contributed by atoms with Crippen molar-refractivity contribution in [3.63, 3.8) is 0 Å². The molecule has 1 amide bonds. The maximum absolute atomic E-state index is 12.3. The van der Waals surface area contributed by atoms with Crippen molar-refractivity contribution in [3.8, 4) is 5.75 Å². The number of hydrogen-bond donors (Lipinski definition) is 2. The van der Waals surface area contributed by atoms with Crippen molar-refractivity contribution in [2.75, 3.05) is 32.8 Å². The number of pyridine rings is 2. The van der Waals surface area contributed by atoms with Crippen LogP contribution in [-0.2, 0) is 4.74 Å². The zero-order valence-electron chi connectivity index (χ0n) is 13.3. The second-order valence-corrected chi connectivity index (χ2v) is 5.53. The largest absolute Gasteiger partial charge is 0.506 e. The molecule has 1 saturated heterocycles. The number of hydrogen-bond acceptors (Lipinski definition) is 6. The molecule has 1 aliphatic heterocycles. The van der Waals surface area contributed by atoms with E-state index in [9.17, 15) is 9.90 Å². The van der Waals surface area contributed by atoms with E-state index in [0.29, 0.717) is 19.8 Å². The molecule has 24 heavy (non-hydrogen) atoms. The second kappa shape index (κ2) is 7.85. The third-order valence-electron chi connectivity index (χ3n) is 3.95. The molecule has 3 heterocycles. The highest BCUT2D eigenvalue weighted by Gasteiger charge is 2.24. The predicted octanol–water partition coefficient (Wildman–Crippen LogP) is 0.985. The van der Waals surface area contributed by atoms with Crippen molar-refractivity contribution in [1.82, 2.24) is 20.2 Å². The van der Waals surface area contributed by atoms with Crippen LogP contribution in [0.1, 0.15) is 22.2 Å². The number of aromatic hydroxyl groups is 1. The molecule has 2 aromatic heterocycles. The SMILES string of the molecule is O=C(NC[C@@H](c1ccccn1)N1CCOCC1)c1ccc(O)cn1. The molecule has 126 valence electrons. The second-order valence-electron chi connectivity index (χ2n) is 5.53. The van der Waals surface area contributed by atoms with Gasteiger partial charge in [-0.1, -0.05) is 6.07 Å². The van der Waals surface area contributed by atoms with E-state index < -0.39 is 0 Å². The Labute approximate surface area is 140 Å². The molecule has 3 rings (SSSR count). The van der Waals surface area contributed by atoms with Gasteiger partial charge in [0.05, 0.1) is 31.1 Å². The number of carbonyl (C=O) groups is 1. The van der Waals surface area contributed by atoms with Crippen molar-refractivity contribution in [3.05, 3.63) is 54.1 Å². The molecular weight excluding hydrogens is 308 g/mol. The first-order valence-corrected chi connectivity index (χ1v) is 7.90. The van der Waals surface area contributed by atoms with E-state index in [1.807, 2.05) is 18.2 Å². The van der Waals surface area contributed by atoms with E-state index in [2.05, 4.69) is 20.2 Å². The molecule has 0 saturated carbocycles. The minimum absolute atomic E-state index is 0.0174. The number of rotatable bonds is 5. The number of carbonyl (C=O) groups excluding carboxylic acids is 1. The van der Waals surface area contributed by atoms with Crippen LogP contribution in [0.5, 0.6) is 5.75 Å². The number of amides is 1. The molecule has 0 radical (unpaired) electrons. The quantitative estimate of drug-likeness (QED) is 0.851. The summed E-state index contributed by atoms with van der Waals surface area (Å²) in [6.45, 7) is 3.38. The number of ether oxygens (including phenoxy) is 1. The summed E-state index contributed by atoms with van der Waals surface area (Å²) in [7, 11) is 0. The molecule has 2 N–H and O–H groups in total. The first kappa shape index (κ1) is 16.4. The van der Waals surface area contributed by atoms with Gasteiger partial charge in [-0.25, -0.2) is 4.98 Å². The van der Waals surface area contributed by atoms with Crippen LogP contribution in [0.25, 0.3) is 0 Å². The van der Waals surface area contributed by atoms with E-state index in [4.69, 9.17) is 4.74 Å². The lowest BCUT2D eigenvalue weighted by atomic mass is 10.1. The monoisotopic (exact) mass is 328 g/mol. The molecule has 7 nitrogen and oxygen atoms in total. The maximum Gasteiger partial charge on any atom is 0.269 e. The summed E-state index contributed by atoms with van der Waals surface area (Å²) >= 11 is 0. The molecule has 0 spiro atoms. The van der Waals surface area contributed by atoms with Crippen molar-refractivity contribution in [1.29, 1.82) is 0 Å². The highest BCUT2D eigenvalue weighted by atomic mass is 16.5. The summed E-state index contributed by atoms with van der Waals surface area (Å²) < 4.78 is 5.41. The smallest absolute Gasteiger partial charge is 0.269 e. The van der Waals surface area contributed by atoms with E-state index >= 15 is 0 Å². The summed E-state index contributed by atoms with van der Waals surface area (Å²) in [4.78, 5) is 22.9. The Morgan fingerprint density at radius 2 is 2.08 bits per heavy atom. The van der Waals surface area contributed by atoms with Crippen molar-refractivity contribution < 1.29 is 14.6 Å². The van der Waals surface area contributed by atoms with Gasteiger partial charge in [-0.3, -0.25) is 14.7 Å². The van der Waals surface area contributed by atoms with E-state index in [1.54, 1.807) is 6.20 Å². The Morgan fingerprint density at radius 3 is 2.75 bits per heavy atom. The first-order valence-electron chi connectivity index (χ1n) is 7.90. The Morgan fingerprint density at radius 1 is 1.25 bits per heavy atom. The van der Waals surface area contributed by atoms with Crippen molar-refractivity contribution in [2.45, 2.75) is 6.04 Å². The molecule has 1 fully saturated rings. The number of morpholine rings is 1. The van der Waals surface area contributed by atoms with Crippen LogP contribution in [0.3, 0.4) is 0 Å². The summed E-state index contributed by atoms with van der Waals surface area (Å²) in [6, 6.07) is 8.70. The van der Waals surface area contributed by atoms with Gasteiger partial charge in [-0.15, -0.1) is 0 Å². The van der Waals surface area contributed by atoms with Gasteiger partial charge < -0.3 is 15.2 Å². The van der Waals surface area contributed by atoms with Gasteiger partial charge in [-0.05, 0) is 24.3 Å².